The second kappa shape index (κ2) is 8.20. The summed E-state index contributed by atoms with van der Waals surface area (Å²) in [5.74, 6) is 0.273. The lowest BCUT2D eigenvalue weighted by Gasteiger charge is -2.07. The Bertz CT molecular complexity index is 1170. The molecule has 2 aromatic heterocycles. The summed E-state index contributed by atoms with van der Waals surface area (Å²) in [5, 5.41) is 5.65. The molecule has 7 heteroatoms. The van der Waals surface area contributed by atoms with Gasteiger partial charge in [0.05, 0.1) is 11.3 Å². The number of nitrogens with two attached hydrogens (primary N) is 1. The molecule has 144 valence electrons. The zero-order valence-corrected chi connectivity index (χ0v) is 16.6. The molecule has 4 rings (SSSR count). The smallest absolute Gasteiger partial charge is 0.251 e. The normalized spacial score (nSPS) is 10.7. The summed E-state index contributed by atoms with van der Waals surface area (Å²) in [7, 11) is 0. The van der Waals surface area contributed by atoms with Crippen molar-refractivity contribution in [3.8, 4) is 21.8 Å². The van der Waals surface area contributed by atoms with Gasteiger partial charge < -0.3 is 11.1 Å². The van der Waals surface area contributed by atoms with Crippen LogP contribution in [-0.4, -0.2) is 20.9 Å². The van der Waals surface area contributed by atoms with Crippen molar-refractivity contribution in [2.75, 3.05) is 5.73 Å². The van der Waals surface area contributed by atoms with Crippen molar-refractivity contribution in [3.63, 3.8) is 0 Å². The molecule has 3 N–H and O–H groups in total. The number of nitrogen functional groups attached to an aromatic ring is 1. The van der Waals surface area contributed by atoms with E-state index < -0.39 is 0 Å². The summed E-state index contributed by atoms with van der Waals surface area (Å²) in [6.45, 7) is 2.52. The van der Waals surface area contributed by atoms with E-state index >= 15 is 0 Å². The van der Waals surface area contributed by atoms with Crippen molar-refractivity contribution in [1.29, 1.82) is 0 Å². The Balaban J connectivity index is 1.52. The Labute approximate surface area is 172 Å². The molecule has 0 fully saturated rings. The predicted molar refractivity (Wildman–Crippen MR) is 115 cm³/mol. The minimum atomic E-state index is -0.121. The second-order valence-electron chi connectivity index (χ2n) is 6.61. The molecule has 1 amide bonds. The SMILES string of the molecule is Cc1cccc(CNC(=O)c2cccc(-c3csc(-c4cncnc4N)n3)c2)c1. The Hall–Kier alpha value is -3.58. The van der Waals surface area contributed by atoms with Crippen LogP contribution < -0.4 is 11.1 Å². The van der Waals surface area contributed by atoms with Crippen LogP contribution in [0.2, 0.25) is 0 Å². The highest BCUT2D eigenvalue weighted by Gasteiger charge is 2.12. The lowest BCUT2D eigenvalue weighted by molar-refractivity contribution is 0.0951. The maximum atomic E-state index is 12.6. The van der Waals surface area contributed by atoms with Crippen molar-refractivity contribution < 1.29 is 4.79 Å². The fraction of sp³-hybridized carbons (Fsp3) is 0.0909. The first-order valence-corrected chi connectivity index (χ1v) is 9.93. The number of anilines is 1. The van der Waals surface area contributed by atoms with Crippen LogP contribution in [0.3, 0.4) is 0 Å². The molecule has 0 saturated heterocycles. The summed E-state index contributed by atoms with van der Waals surface area (Å²) >= 11 is 1.46. The molecule has 0 aliphatic carbocycles. The van der Waals surface area contributed by atoms with Gasteiger partial charge in [-0.3, -0.25) is 4.79 Å². The molecular formula is C22H19N5OS. The van der Waals surface area contributed by atoms with Crippen molar-refractivity contribution in [2.24, 2.45) is 0 Å². The first-order valence-electron chi connectivity index (χ1n) is 9.06. The largest absolute Gasteiger partial charge is 0.383 e. The summed E-state index contributed by atoms with van der Waals surface area (Å²) in [5.41, 5.74) is 11.1. The van der Waals surface area contributed by atoms with Crippen LogP contribution in [0.5, 0.6) is 0 Å². The van der Waals surface area contributed by atoms with E-state index in [2.05, 4.69) is 26.3 Å². The zero-order chi connectivity index (χ0) is 20.2. The van der Waals surface area contributed by atoms with Crippen molar-refractivity contribution in [3.05, 3.63) is 83.1 Å². The number of aryl methyl sites for hydroxylation is 1. The molecule has 0 atom stereocenters. The Kier molecular flexibility index (Phi) is 5.31. The number of benzene rings is 2. The van der Waals surface area contributed by atoms with Gasteiger partial charge in [-0.15, -0.1) is 11.3 Å². The van der Waals surface area contributed by atoms with Gasteiger partial charge >= 0.3 is 0 Å². The highest BCUT2D eigenvalue weighted by Crippen LogP contribution is 2.31. The number of rotatable bonds is 5. The molecule has 0 radical (unpaired) electrons. The first kappa shape index (κ1) is 18.8. The van der Waals surface area contributed by atoms with Gasteiger partial charge in [0.1, 0.15) is 17.2 Å². The van der Waals surface area contributed by atoms with E-state index in [0.29, 0.717) is 23.5 Å². The summed E-state index contributed by atoms with van der Waals surface area (Å²) in [6.07, 6.45) is 3.06. The number of hydrogen-bond acceptors (Lipinski definition) is 6. The average Bonchev–Trinajstić information content (AvgIpc) is 3.22. The molecule has 0 unspecified atom stereocenters. The zero-order valence-electron chi connectivity index (χ0n) is 15.8. The van der Waals surface area contributed by atoms with Crippen LogP contribution >= 0.6 is 11.3 Å². The molecule has 2 aromatic carbocycles. The number of amides is 1. The molecule has 29 heavy (non-hydrogen) atoms. The monoisotopic (exact) mass is 401 g/mol. The molecule has 0 bridgehead atoms. The molecule has 6 nitrogen and oxygen atoms in total. The first-order chi connectivity index (χ1) is 14.1. The molecule has 0 saturated carbocycles. The van der Waals surface area contributed by atoms with Crippen LogP contribution in [0.1, 0.15) is 21.5 Å². The van der Waals surface area contributed by atoms with E-state index in [4.69, 9.17) is 5.73 Å². The standard InChI is InChI=1S/C22H19N5OS/c1-14-4-2-5-15(8-14)10-25-21(28)17-7-3-6-16(9-17)19-12-29-22(27-19)18-11-24-13-26-20(18)23/h2-9,11-13H,10H2,1H3,(H,25,28)(H2,23,24,26). The minimum Gasteiger partial charge on any atom is -0.383 e. The van der Waals surface area contributed by atoms with Gasteiger partial charge in [0, 0.05) is 29.2 Å². The maximum absolute atomic E-state index is 12.6. The number of nitrogens with zero attached hydrogens (tertiary/aromatic N) is 3. The Morgan fingerprint density at radius 2 is 2.03 bits per heavy atom. The predicted octanol–water partition coefficient (Wildman–Crippen LogP) is 4.09. The molecule has 2 heterocycles. The van der Waals surface area contributed by atoms with E-state index in [9.17, 15) is 4.79 Å². The van der Waals surface area contributed by atoms with Crippen LogP contribution in [0.15, 0.2) is 66.4 Å². The van der Waals surface area contributed by atoms with E-state index in [1.165, 1.54) is 23.2 Å². The van der Waals surface area contributed by atoms with Gasteiger partial charge in [0.25, 0.3) is 5.91 Å². The summed E-state index contributed by atoms with van der Waals surface area (Å²) < 4.78 is 0. The van der Waals surface area contributed by atoms with E-state index in [1.54, 1.807) is 12.3 Å². The van der Waals surface area contributed by atoms with E-state index in [1.807, 2.05) is 48.7 Å². The number of hydrogen-bond donors (Lipinski definition) is 2. The van der Waals surface area contributed by atoms with Gasteiger partial charge in [-0.1, -0.05) is 42.0 Å². The number of carbonyl (C=O) groups excluding carboxylic acids is 1. The quantitative estimate of drug-likeness (QED) is 0.525. The third-order valence-corrected chi connectivity index (χ3v) is 5.31. The second-order valence-corrected chi connectivity index (χ2v) is 7.47. The third kappa shape index (κ3) is 4.30. The highest BCUT2D eigenvalue weighted by molar-refractivity contribution is 7.13. The third-order valence-electron chi connectivity index (χ3n) is 4.43. The van der Waals surface area contributed by atoms with Gasteiger partial charge in [0.15, 0.2) is 0 Å². The molecule has 0 aliphatic heterocycles. The molecular weight excluding hydrogens is 382 g/mol. The van der Waals surface area contributed by atoms with Gasteiger partial charge in [-0.2, -0.15) is 0 Å². The Morgan fingerprint density at radius 3 is 2.86 bits per heavy atom. The lowest BCUT2D eigenvalue weighted by Crippen LogP contribution is -2.22. The number of aromatic nitrogens is 3. The minimum absolute atomic E-state index is 0.121. The lowest BCUT2D eigenvalue weighted by atomic mass is 10.1. The highest BCUT2D eigenvalue weighted by atomic mass is 32.1. The average molecular weight is 401 g/mol. The fourth-order valence-corrected chi connectivity index (χ4v) is 3.81. The van der Waals surface area contributed by atoms with Gasteiger partial charge in [-0.05, 0) is 24.6 Å². The number of carbonyl (C=O) groups is 1. The van der Waals surface area contributed by atoms with Crippen LogP contribution in [0.25, 0.3) is 21.8 Å². The van der Waals surface area contributed by atoms with Crippen LogP contribution in [0.4, 0.5) is 5.82 Å². The van der Waals surface area contributed by atoms with Crippen molar-refractivity contribution in [1.82, 2.24) is 20.3 Å². The van der Waals surface area contributed by atoms with Crippen LogP contribution in [0, 0.1) is 6.92 Å². The Morgan fingerprint density at radius 1 is 1.17 bits per heavy atom. The van der Waals surface area contributed by atoms with Crippen LogP contribution in [-0.2, 0) is 6.54 Å². The van der Waals surface area contributed by atoms with Gasteiger partial charge in [-0.25, -0.2) is 15.0 Å². The van der Waals surface area contributed by atoms with Gasteiger partial charge in [0.2, 0.25) is 0 Å². The number of thiazole rings is 1. The fourth-order valence-electron chi connectivity index (χ4n) is 2.96. The van der Waals surface area contributed by atoms with E-state index in [0.717, 1.165) is 21.8 Å². The topological polar surface area (TPSA) is 93.8 Å². The van der Waals surface area contributed by atoms with E-state index in [-0.39, 0.29) is 5.91 Å². The molecule has 4 aromatic rings. The maximum Gasteiger partial charge on any atom is 0.251 e. The molecule has 0 spiro atoms. The summed E-state index contributed by atoms with van der Waals surface area (Å²) in [4.78, 5) is 25.3. The summed E-state index contributed by atoms with van der Waals surface area (Å²) in [6, 6.07) is 15.5. The van der Waals surface area contributed by atoms with Crippen molar-refractivity contribution in [2.45, 2.75) is 13.5 Å². The van der Waals surface area contributed by atoms with Crippen molar-refractivity contribution >= 4 is 23.1 Å². The number of nitrogens with one attached hydrogen (secondary N) is 1. The molecule has 0 aliphatic rings.